The second-order valence-corrected chi connectivity index (χ2v) is 8.33. The number of phenolic OH excluding ortho intramolecular Hbond substituents is 2. The smallest absolute Gasteiger partial charge is 0.160 e. The van der Waals surface area contributed by atoms with E-state index in [2.05, 4.69) is 41.7 Å². The van der Waals surface area contributed by atoms with Crippen LogP contribution in [-0.4, -0.2) is 23.3 Å². The standard InChI is InChI=1S/C24H31NO2/c26-22-12-11-21-20(23(22)27)10-9-19-8-4-5-14-24(19,21)15-17-25-16-13-18-6-2-1-3-7-18/h1-3,6-7,11-12,19,25-27H,4-5,8-10,13-17H2/t19-,24+/m0/s1. The number of nitrogens with one attached hydrogen (secondary N) is 1. The molecule has 4 rings (SSSR count). The second-order valence-electron chi connectivity index (χ2n) is 8.33. The fraction of sp³-hybridized carbons (Fsp3) is 0.500. The lowest BCUT2D eigenvalue weighted by Gasteiger charge is -2.49. The molecule has 0 aromatic heterocycles. The van der Waals surface area contributed by atoms with E-state index in [1.807, 2.05) is 0 Å². The van der Waals surface area contributed by atoms with Crippen molar-refractivity contribution in [2.75, 3.05) is 13.1 Å². The van der Waals surface area contributed by atoms with Crippen LogP contribution in [0.3, 0.4) is 0 Å². The molecule has 0 radical (unpaired) electrons. The van der Waals surface area contributed by atoms with E-state index in [4.69, 9.17) is 0 Å². The van der Waals surface area contributed by atoms with Crippen molar-refractivity contribution in [3.8, 4) is 11.5 Å². The third kappa shape index (κ3) is 3.58. The van der Waals surface area contributed by atoms with Crippen LogP contribution in [0.2, 0.25) is 0 Å². The van der Waals surface area contributed by atoms with Crippen LogP contribution in [0, 0.1) is 5.92 Å². The van der Waals surface area contributed by atoms with E-state index in [0.717, 1.165) is 44.3 Å². The van der Waals surface area contributed by atoms with E-state index in [1.165, 1.54) is 36.8 Å². The van der Waals surface area contributed by atoms with E-state index in [-0.39, 0.29) is 16.9 Å². The van der Waals surface area contributed by atoms with Gasteiger partial charge in [-0.25, -0.2) is 0 Å². The van der Waals surface area contributed by atoms with Gasteiger partial charge in [0.05, 0.1) is 0 Å². The minimum Gasteiger partial charge on any atom is -0.504 e. The molecule has 3 heteroatoms. The maximum absolute atomic E-state index is 10.4. The number of fused-ring (bicyclic) bond motifs is 3. The molecule has 1 saturated carbocycles. The molecule has 3 N–H and O–H groups in total. The summed E-state index contributed by atoms with van der Waals surface area (Å²) in [7, 11) is 0. The zero-order valence-corrected chi connectivity index (χ0v) is 16.1. The lowest BCUT2D eigenvalue weighted by molar-refractivity contribution is 0.145. The Morgan fingerprint density at radius 3 is 2.67 bits per heavy atom. The SMILES string of the molecule is Oc1ccc2c(c1O)CC[C@@H]1CCCC[C@]21CCNCCc1ccccc1. The fourth-order valence-electron chi connectivity index (χ4n) is 5.53. The molecule has 3 nitrogen and oxygen atoms in total. The molecule has 2 aromatic rings. The molecule has 0 unspecified atom stereocenters. The number of hydrogen-bond donors (Lipinski definition) is 3. The molecule has 2 aliphatic rings. The Labute approximate surface area is 162 Å². The highest BCUT2D eigenvalue weighted by molar-refractivity contribution is 5.53. The maximum atomic E-state index is 10.4. The zero-order chi connectivity index (χ0) is 18.7. The van der Waals surface area contributed by atoms with E-state index in [0.29, 0.717) is 5.92 Å². The maximum Gasteiger partial charge on any atom is 0.160 e. The molecule has 0 spiro atoms. The Hall–Kier alpha value is -2.00. The Balaban J connectivity index is 1.46. The Kier molecular flexibility index (Phi) is 5.40. The highest BCUT2D eigenvalue weighted by Crippen LogP contribution is 2.54. The van der Waals surface area contributed by atoms with Crippen LogP contribution in [-0.2, 0) is 18.3 Å². The molecule has 1 fully saturated rings. The third-order valence-corrected chi connectivity index (χ3v) is 6.93. The average molecular weight is 366 g/mol. The topological polar surface area (TPSA) is 52.5 Å². The summed E-state index contributed by atoms with van der Waals surface area (Å²) in [6, 6.07) is 14.4. The first-order valence-corrected chi connectivity index (χ1v) is 10.5. The normalized spacial score (nSPS) is 24.2. The van der Waals surface area contributed by atoms with E-state index in [9.17, 15) is 10.2 Å². The van der Waals surface area contributed by atoms with Gasteiger partial charge in [0.1, 0.15) is 0 Å². The van der Waals surface area contributed by atoms with E-state index in [1.54, 1.807) is 6.07 Å². The number of aromatic hydroxyl groups is 2. The molecule has 0 aliphatic heterocycles. The first kappa shape index (κ1) is 18.4. The van der Waals surface area contributed by atoms with E-state index >= 15 is 0 Å². The summed E-state index contributed by atoms with van der Waals surface area (Å²) in [4.78, 5) is 0. The van der Waals surface area contributed by atoms with Crippen molar-refractivity contribution >= 4 is 0 Å². The van der Waals surface area contributed by atoms with Crippen LogP contribution in [0.1, 0.15) is 55.2 Å². The summed E-state index contributed by atoms with van der Waals surface area (Å²) in [5, 5.41) is 24.0. The van der Waals surface area contributed by atoms with Gasteiger partial charge in [0.15, 0.2) is 11.5 Å². The highest BCUT2D eigenvalue weighted by atomic mass is 16.3. The van der Waals surface area contributed by atoms with Crippen molar-refractivity contribution in [1.82, 2.24) is 5.32 Å². The van der Waals surface area contributed by atoms with Crippen LogP contribution in [0.25, 0.3) is 0 Å². The van der Waals surface area contributed by atoms with Crippen LogP contribution in [0.4, 0.5) is 0 Å². The van der Waals surface area contributed by atoms with Crippen molar-refractivity contribution in [3.63, 3.8) is 0 Å². The summed E-state index contributed by atoms with van der Waals surface area (Å²) < 4.78 is 0. The number of phenols is 2. The Morgan fingerprint density at radius 2 is 1.81 bits per heavy atom. The first-order chi connectivity index (χ1) is 13.2. The van der Waals surface area contributed by atoms with Gasteiger partial charge in [-0.1, -0.05) is 49.2 Å². The number of benzene rings is 2. The fourth-order valence-corrected chi connectivity index (χ4v) is 5.53. The van der Waals surface area contributed by atoms with Gasteiger partial charge in [-0.2, -0.15) is 0 Å². The van der Waals surface area contributed by atoms with Gasteiger partial charge in [-0.3, -0.25) is 0 Å². The van der Waals surface area contributed by atoms with Crippen molar-refractivity contribution in [3.05, 3.63) is 59.2 Å². The van der Waals surface area contributed by atoms with Crippen molar-refractivity contribution in [2.45, 2.75) is 56.8 Å². The number of rotatable bonds is 6. The first-order valence-electron chi connectivity index (χ1n) is 10.5. The molecule has 0 heterocycles. The van der Waals surface area contributed by atoms with Gasteiger partial charge in [-0.05, 0) is 80.1 Å². The lowest BCUT2D eigenvalue weighted by Crippen LogP contribution is -2.44. The third-order valence-electron chi connectivity index (χ3n) is 6.93. The minimum absolute atomic E-state index is 0.0270. The molecule has 0 bridgehead atoms. The second kappa shape index (κ2) is 7.93. The highest BCUT2D eigenvalue weighted by Gasteiger charge is 2.45. The van der Waals surface area contributed by atoms with Crippen LogP contribution in [0.5, 0.6) is 11.5 Å². The molecule has 2 aliphatic carbocycles. The summed E-state index contributed by atoms with van der Waals surface area (Å²) in [5.41, 5.74) is 3.84. The van der Waals surface area contributed by atoms with Gasteiger partial charge in [-0.15, -0.1) is 0 Å². The molecule has 0 amide bonds. The quantitative estimate of drug-likeness (QED) is 0.514. The lowest BCUT2D eigenvalue weighted by atomic mass is 9.55. The van der Waals surface area contributed by atoms with Gasteiger partial charge in [0.2, 0.25) is 0 Å². The summed E-state index contributed by atoms with van der Waals surface area (Å²) in [6.45, 7) is 2.00. The largest absolute Gasteiger partial charge is 0.504 e. The molecule has 2 atom stereocenters. The molecule has 27 heavy (non-hydrogen) atoms. The molecule has 0 saturated heterocycles. The molecular weight excluding hydrogens is 334 g/mol. The van der Waals surface area contributed by atoms with Gasteiger partial charge in [0.25, 0.3) is 0 Å². The summed E-state index contributed by atoms with van der Waals surface area (Å²) in [6.07, 6.45) is 9.29. The van der Waals surface area contributed by atoms with Crippen molar-refractivity contribution < 1.29 is 10.2 Å². The molecule has 2 aromatic carbocycles. The van der Waals surface area contributed by atoms with Gasteiger partial charge >= 0.3 is 0 Å². The number of hydrogen-bond acceptors (Lipinski definition) is 3. The summed E-state index contributed by atoms with van der Waals surface area (Å²) in [5.74, 6) is 0.852. The Morgan fingerprint density at radius 1 is 0.963 bits per heavy atom. The van der Waals surface area contributed by atoms with Crippen LogP contribution < -0.4 is 5.32 Å². The van der Waals surface area contributed by atoms with Gasteiger partial charge < -0.3 is 15.5 Å². The summed E-state index contributed by atoms with van der Waals surface area (Å²) >= 11 is 0. The predicted molar refractivity (Wildman–Crippen MR) is 109 cm³/mol. The monoisotopic (exact) mass is 365 g/mol. The van der Waals surface area contributed by atoms with Crippen molar-refractivity contribution in [1.29, 1.82) is 0 Å². The van der Waals surface area contributed by atoms with Crippen LogP contribution in [0.15, 0.2) is 42.5 Å². The molecule has 144 valence electrons. The molecular formula is C24H31NO2. The van der Waals surface area contributed by atoms with Gasteiger partial charge in [0, 0.05) is 5.56 Å². The zero-order valence-electron chi connectivity index (χ0n) is 16.1. The Bertz CT molecular complexity index is 773. The van der Waals surface area contributed by atoms with E-state index < -0.39 is 0 Å². The average Bonchev–Trinajstić information content (AvgIpc) is 2.71. The predicted octanol–water partition coefficient (Wildman–Crippen LogP) is 4.69. The van der Waals surface area contributed by atoms with Crippen LogP contribution >= 0.6 is 0 Å². The minimum atomic E-state index is 0.0270. The van der Waals surface area contributed by atoms with Crippen molar-refractivity contribution in [2.24, 2.45) is 5.92 Å².